The van der Waals surface area contributed by atoms with Crippen LogP contribution in [0.4, 0.5) is 29.5 Å². The fourth-order valence-electron chi connectivity index (χ4n) is 4.14. The molecule has 1 fully saturated rings. The van der Waals surface area contributed by atoms with Gasteiger partial charge in [0.25, 0.3) is 0 Å². The highest BCUT2D eigenvalue weighted by molar-refractivity contribution is 6.30. The quantitative estimate of drug-likeness (QED) is 0.495. The number of piperazine rings is 1. The van der Waals surface area contributed by atoms with E-state index in [1.54, 1.807) is 42.2 Å². The van der Waals surface area contributed by atoms with Gasteiger partial charge in [0.15, 0.2) is 0 Å². The van der Waals surface area contributed by atoms with Crippen molar-refractivity contribution in [3.05, 3.63) is 81.8 Å². The lowest BCUT2D eigenvalue weighted by Crippen LogP contribution is -2.50. The van der Waals surface area contributed by atoms with Gasteiger partial charge in [0.05, 0.1) is 5.56 Å². The van der Waals surface area contributed by atoms with Gasteiger partial charge >= 0.3 is 12.2 Å². The fourth-order valence-corrected chi connectivity index (χ4v) is 4.33. The van der Waals surface area contributed by atoms with E-state index in [0.717, 1.165) is 17.3 Å². The van der Waals surface area contributed by atoms with Gasteiger partial charge in [-0.25, -0.2) is 14.8 Å². The zero-order chi connectivity index (χ0) is 25.2. The number of carbonyl (C=O) groups excluding carboxylic acids is 1. The number of rotatable bonds is 4. The average molecular weight is 504 g/mol. The average Bonchev–Trinajstić information content (AvgIpc) is 2.80. The molecule has 0 spiro atoms. The van der Waals surface area contributed by atoms with E-state index in [1.165, 1.54) is 12.1 Å². The molecule has 35 heavy (non-hydrogen) atoms. The minimum atomic E-state index is -4.40. The number of benzene rings is 2. The summed E-state index contributed by atoms with van der Waals surface area (Å²) < 4.78 is 39.6. The monoisotopic (exact) mass is 503 g/mol. The topological polar surface area (TPSA) is 61.4 Å². The van der Waals surface area contributed by atoms with Crippen LogP contribution in [0, 0.1) is 13.8 Å². The highest BCUT2D eigenvalue weighted by atomic mass is 35.5. The van der Waals surface area contributed by atoms with Gasteiger partial charge in [-0.1, -0.05) is 35.9 Å². The number of nitrogens with one attached hydrogen (secondary N) is 1. The molecular formula is C25H25ClF3N5O. The molecule has 2 aromatic carbocycles. The highest BCUT2D eigenvalue weighted by Gasteiger charge is 2.31. The van der Waals surface area contributed by atoms with Gasteiger partial charge in [0.1, 0.15) is 11.6 Å². The van der Waals surface area contributed by atoms with Crippen molar-refractivity contribution in [2.45, 2.75) is 26.4 Å². The Morgan fingerprint density at radius 2 is 1.74 bits per heavy atom. The maximum Gasteiger partial charge on any atom is 0.416 e. The first-order valence-electron chi connectivity index (χ1n) is 11.2. The molecule has 4 rings (SSSR count). The van der Waals surface area contributed by atoms with Gasteiger partial charge in [-0.05, 0) is 43.7 Å². The molecule has 2 amide bonds. The Morgan fingerprint density at radius 1 is 1.03 bits per heavy atom. The van der Waals surface area contributed by atoms with Crippen molar-refractivity contribution in [3.8, 4) is 0 Å². The van der Waals surface area contributed by atoms with E-state index in [0.29, 0.717) is 54.1 Å². The standard InChI is InChI=1S/C25H25ClF3N5O/c1-16-22(14-18-5-3-6-19(13-18)25(27,28)29)23(31-17(2)30-16)33-9-11-34(12-10-33)24(35)32-21-8-4-7-20(26)15-21/h3-8,13,15H,9-12,14H2,1-2H3,(H,32,35). The Bertz CT molecular complexity index is 1230. The Morgan fingerprint density at radius 3 is 2.43 bits per heavy atom. The molecule has 184 valence electrons. The summed E-state index contributed by atoms with van der Waals surface area (Å²) in [5.74, 6) is 1.29. The number of aryl methyl sites for hydroxylation is 2. The lowest BCUT2D eigenvalue weighted by atomic mass is 10.0. The summed E-state index contributed by atoms with van der Waals surface area (Å²) in [7, 11) is 0. The summed E-state index contributed by atoms with van der Waals surface area (Å²) in [6.07, 6.45) is -4.12. The molecule has 1 saturated heterocycles. The Kier molecular flexibility index (Phi) is 7.16. The first kappa shape index (κ1) is 24.8. The number of anilines is 2. The van der Waals surface area contributed by atoms with Crippen molar-refractivity contribution >= 4 is 29.1 Å². The van der Waals surface area contributed by atoms with Crippen LogP contribution in [0.2, 0.25) is 5.02 Å². The molecule has 1 aliphatic rings. The van der Waals surface area contributed by atoms with Crippen molar-refractivity contribution < 1.29 is 18.0 Å². The van der Waals surface area contributed by atoms with Crippen molar-refractivity contribution in [1.29, 1.82) is 0 Å². The molecule has 0 aliphatic carbocycles. The molecule has 1 aliphatic heterocycles. The first-order chi connectivity index (χ1) is 16.6. The Balaban J connectivity index is 1.49. The molecule has 0 bridgehead atoms. The summed E-state index contributed by atoms with van der Waals surface area (Å²) in [6.45, 7) is 5.65. The van der Waals surface area contributed by atoms with Crippen molar-refractivity contribution in [3.63, 3.8) is 0 Å². The summed E-state index contributed by atoms with van der Waals surface area (Å²) >= 11 is 5.99. The Labute approximate surface area is 206 Å². The molecule has 0 radical (unpaired) electrons. The van der Waals surface area contributed by atoms with E-state index in [9.17, 15) is 18.0 Å². The number of aromatic nitrogens is 2. The SMILES string of the molecule is Cc1nc(C)c(Cc2cccc(C(F)(F)F)c2)c(N2CCN(C(=O)Nc3cccc(Cl)c3)CC2)n1. The maximum atomic E-state index is 13.2. The van der Waals surface area contributed by atoms with Crippen LogP contribution >= 0.6 is 11.6 Å². The lowest BCUT2D eigenvalue weighted by Gasteiger charge is -2.36. The predicted octanol–water partition coefficient (Wildman–Crippen LogP) is 5.71. The molecule has 2 heterocycles. The summed E-state index contributed by atoms with van der Waals surface area (Å²) in [5, 5.41) is 3.39. The van der Waals surface area contributed by atoms with Crippen LogP contribution in [0.25, 0.3) is 0 Å². The van der Waals surface area contributed by atoms with E-state index < -0.39 is 11.7 Å². The number of alkyl halides is 3. The third-order valence-electron chi connectivity index (χ3n) is 5.88. The maximum absolute atomic E-state index is 13.2. The number of halogens is 4. The number of carbonyl (C=O) groups is 1. The smallest absolute Gasteiger partial charge is 0.353 e. The number of hydrogen-bond acceptors (Lipinski definition) is 4. The normalized spacial score (nSPS) is 14.2. The van der Waals surface area contributed by atoms with Gasteiger partial charge in [-0.15, -0.1) is 0 Å². The predicted molar refractivity (Wildman–Crippen MR) is 130 cm³/mol. The second-order valence-electron chi connectivity index (χ2n) is 8.45. The van der Waals surface area contributed by atoms with Crippen molar-refractivity contribution in [2.24, 2.45) is 0 Å². The van der Waals surface area contributed by atoms with Crippen molar-refractivity contribution in [2.75, 3.05) is 36.4 Å². The van der Waals surface area contributed by atoms with E-state index in [-0.39, 0.29) is 12.5 Å². The Hall–Kier alpha value is -3.33. The van der Waals surface area contributed by atoms with Crippen LogP contribution in [-0.2, 0) is 12.6 Å². The molecule has 1 aromatic heterocycles. The number of urea groups is 1. The van der Waals surface area contributed by atoms with E-state index in [2.05, 4.69) is 20.2 Å². The first-order valence-corrected chi connectivity index (χ1v) is 11.5. The minimum Gasteiger partial charge on any atom is -0.353 e. The second kappa shape index (κ2) is 10.1. The van der Waals surface area contributed by atoms with Crippen LogP contribution in [0.5, 0.6) is 0 Å². The fraction of sp³-hybridized carbons (Fsp3) is 0.320. The number of amides is 2. The zero-order valence-corrected chi connectivity index (χ0v) is 20.1. The van der Waals surface area contributed by atoms with Gasteiger partial charge in [0.2, 0.25) is 0 Å². The van der Waals surface area contributed by atoms with Crippen LogP contribution < -0.4 is 10.2 Å². The van der Waals surface area contributed by atoms with E-state index >= 15 is 0 Å². The molecule has 0 atom stereocenters. The van der Waals surface area contributed by atoms with E-state index in [4.69, 9.17) is 11.6 Å². The highest BCUT2D eigenvalue weighted by Crippen LogP contribution is 2.31. The largest absolute Gasteiger partial charge is 0.416 e. The molecule has 0 saturated carbocycles. The molecule has 1 N–H and O–H groups in total. The van der Waals surface area contributed by atoms with Gasteiger partial charge < -0.3 is 15.1 Å². The minimum absolute atomic E-state index is 0.217. The summed E-state index contributed by atoms with van der Waals surface area (Å²) in [5.41, 5.74) is 1.99. The van der Waals surface area contributed by atoms with Gasteiger partial charge in [0, 0.05) is 54.6 Å². The van der Waals surface area contributed by atoms with Crippen LogP contribution in [0.1, 0.15) is 28.2 Å². The summed E-state index contributed by atoms with van der Waals surface area (Å²) in [4.78, 5) is 25.5. The van der Waals surface area contributed by atoms with Crippen LogP contribution in [-0.4, -0.2) is 47.1 Å². The zero-order valence-electron chi connectivity index (χ0n) is 19.4. The number of nitrogens with zero attached hydrogens (tertiary/aromatic N) is 4. The van der Waals surface area contributed by atoms with Gasteiger partial charge in [-0.2, -0.15) is 13.2 Å². The van der Waals surface area contributed by atoms with E-state index in [1.807, 2.05) is 6.92 Å². The molecule has 6 nitrogen and oxygen atoms in total. The van der Waals surface area contributed by atoms with Crippen LogP contribution in [0.15, 0.2) is 48.5 Å². The third kappa shape index (κ3) is 6.03. The molecule has 10 heteroatoms. The molecular weight excluding hydrogens is 479 g/mol. The lowest BCUT2D eigenvalue weighted by molar-refractivity contribution is -0.137. The van der Waals surface area contributed by atoms with Gasteiger partial charge in [-0.3, -0.25) is 0 Å². The van der Waals surface area contributed by atoms with Crippen LogP contribution in [0.3, 0.4) is 0 Å². The third-order valence-corrected chi connectivity index (χ3v) is 6.12. The summed E-state index contributed by atoms with van der Waals surface area (Å²) in [6, 6.07) is 12.1. The van der Waals surface area contributed by atoms with Crippen molar-refractivity contribution in [1.82, 2.24) is 14.9 Å². The number of hydrogen-bond donors (Lipinski definition) is 1. The molecule has 3 aromatic rings. The molecule has 0 unspecified atom stereocenters. The second-order valence-corrected chi connectivity index (χ2v) is 8.88.